The van der Waals surface area contributed by atoms with Crippen LogP contribution in [0.2, 0.25) is 10.0 Å². The number of aliphatic hydroxyl groups is 1. The van der Waals surface area contributed by atoms with Gasteiger partial charge in [0.05, 0.1) is 40.4 Å². The minimum Gasteiger partial charge on any atom is -0.396 e. The summed E-state index contributed by atoms with van der Waals surface area (Å²) >= 11 is 12.7. The molecule has 8 nitrogen and oxygen atoms in total. The second-order valence-electron chi connectivity index (χ2n) is 16.2. The maximum Gasteiger partial charge on any atom is 0.416 e. The van der Waals surface area contributed by atoms with Crippen LogP contribution in [0.5, 0.6) is 0 Å². The summed E-state index contributed by atoms with van der Waals surface area (Å²) in [5.41, 5.74) is -2.40. The summed E-state index contributed by atoms with van der Waals surface area (Å²) in [6, 6.07) is 14.1. The predicted molar refractivity (Wildman–Crippen MR) is 217 cm³/mol. The third kappa shape index (κ3) is 9.90. The van der Waals surface area contributed by atoms with Gasteiger partial charge in [0.1, 0.15) is 12.2 Å². The van der Waals surface area contributed by atoms with E-state index in [1.165, 1.54) is 16.0 Å². The van der Waals surface area contributed by atoms with E-state index in [1.807, 2.05) is 17.0 Å². The number of halogens is 9. The van der Waals surface area contributed by atoms with Crippen LogP contribution >= 0.6 is 35.6 Å². The highest BCUT2D eigenvalue weighted by molar-refractivity contribution is 6.42. The molecule has 1 aliphatic carbocycles. The average Bonchev–Trinajstić information content (AvgIpc) is 3.52. The van der Waals surface area contributed by atoms with Gasteiger partial charge in [-0.3, -0.25) is 9.59 Å². The lowest BCUT2D eigenvalue weighted by molar-refractivity contribution is -0.143. The van der Waals surface area contributed by atoms with Crippen LogP contribution in [0, 0.1) is 5.92 Å². The van der Waals surface area contributed by atoms with Gasteiger partial charge in [0.15, 0.2) is 0 Å². The van der Waals surface area contributed by atoms with E-state index in [1.54, 1.807) is 18.2 Å². The van der Waals surface area contributed by atoms with Gasteiger partial charge in [0, 0.05) is 43.8 Å². The fourth-order valence-electron chi connectivity index (χ4n) is 9.46. The molecule has 17 heteroatoms. The standard InChI is InChI=1S/C43H47Cl2F6N3O5.ClH/c44-35-6-5-31(25-36(35)45)41(27-54(18-20-59-41)39(57)30-21-32(42(46,47)48)24-33(22-30)43(49,50)51)12-17-52-15-10-40(11-16-52)34-4-2-1-3-29(34)23-37(40)58-26-38(56)53-13-7-28(8-14-53)9-19-55;/h1-6,21-22,24-25,28,37,55H,7-20,23,26-27H2;1H/t37-,41-;/m0./s1. The Kier molecular flexibility index (Phi) is 14.5. The van der Waals surface area contributed by atoms with Crippen molar-refractivity contribution in [3.8, 4) is 0 Å². The number of nitrogens with zero attached hydrogens (tertiary/aromatic N) is 3. The Morgan fingerprint density at radius 1 is 0.850 bits per heavy atom. The van der Waals surface area contributed by atoms with Crippen LogP contribution in [0.15, 0.2) is 60.7 Å². The van der Waals surface area contributed by atoms with E-state index < -0.39 is 40.6 Å². The lowest BCUT2D eigenvalue weighted by atomic mass is 9.72. The number of hydrogen-bond acceptors (Lipinski definition) is 6. The Labute approximate surface area is 361 Å². The topological polar surface area (TPSA) is 82.5 Å². The number of alkyl halides is 6. The number of likely N-dealkylation sites (tertiary alicyclic amines) is 2. The van der Waals surface area contributed by atoms with E-state index in [2.05, 4.69) is 17.0 Å². The van der Waals surface area contributed by atoms with Gasteiger partial charge < -0.3 is 29.3 Å². The molecular weight excluding hydrogens is 859 g/mol. The number of ether oxygens (including phenoxy) is 2. The molecule has 3 aromatic carbocycles. The first-order valence-corrected chi connectivity index (χ1v) is 20.8. The van der Waals surface area contributed by atoms with Gasteiger partial charge in [0.2, 0.25) is 5.91 Å². The molecule has 0 unspecified atom stereocenters. The van der Waals surface area contributed by atoms with Gasteiger partial charge in [-0.05, 0) is 111 Å². The molecule has 2 amide bonds. The quantitative estimate of drug-likeness (QED) is 0.205. The lowest BCUT2D eigenvalue weighted by Crippen LogP contribution is -2.54. The molecule has 0 bridgehead atoms. The molecule has 3 aromatic rings. The molecule has 1 N–H and O–H groups in total. The van der Waals surface area contributed by atoms with Crippen molar-refractivity contribution in [2.24, 2.45) is 5.92 Å². The first-order valence-electron chi connectivity index (χ1n) is 20.0. The van der Waals surface area contributed by atoms with Crippen molar-refractivity contribution in [2.45, 2.75) is 74.4 Å². The van der Waals surface area contributed by atoms with Crippen molar-refractivity contribution in [1.82, 2.24) is 14.7 Å². The van der Waals surface area contributed by atoms with Gasteiger partial charge in [-0.2, -0.15) is 26.3 Å². The highest BCUT2D eigenvalue weighted by Crippen LogP contribution is 2.48. The Morgan fingerprint density at radius 3 is 2.15 bits per heavy atom. The predicted octanol–water partition coefficient (Wildman–Crippen LogP) is 8.81. The molecule has 2 atom stereocenters. The van der Waals surface area contributed by atoms with E-state index in [0.29, 0.717) is 69.2 Å². The van der Waals surface area contributed by atoms with Gasteiger partial charge in [-0.1, -0.05) is 53.5 Å². The second kappa shape index (κ2) is 18.7. The first-order chi connectivity index (χ1) is 28.0. The van der Waals surface area contributed by atoms with Gasteiger partial charge in [-0.25, -0.2) is 0 Å². The van der Waals surface area contributed by atoms with Gasteiger partial charge in [0.25, 0.3) is 5.91 Å². The highest BCUT2D eigenvalue weighted by Gasteiger charge is 2.50. The number of piperidine rings is 2. The van der Waals surface area contributed by atoms with Crippen molar-refractivity contribution in [1.29, 1.82) is 0 Å². The van der Waals surface area contributed by atoms with Crippen LogP contribution in [0.4, 0.5) is 26.3 Å². The minimum atomic E-state index is -5.11. The number of hydrogen-bond donors (Lipinski definition) is 1. The summed E-state index contributed by atoms with van der Waals surface area (Å²) in [6.07, 6.45) is -5.43. The molecule has 3 fully saturated rings. The Hall–Kier alpha value is -3.11. The molecule has 0 radical (unpaired) electrons. The van der Waals surface area contributed by atoms with Gasteiger partial charge in [-0.15, -0.1) is 12.4 Å². The van der Waals surface area contributed by atoms with E-state index in [9.17, 15) is 41.0 Å². The third-order valence-corrected chi connectivity index (χ3v) is 13.6. The zero-order chi connectivity index (χ0) is 42.2. The monoisotopic (exact) mass is 905 g/mol. The molecule has 4 aliphatic rings. The largest absolute Gasteiger partial charge is 0.416 e. The number of carbonyl (C=O) groups is 2. The maximum atomic E-state index is 13.8. The summed E-state index contributed by atoms with van der Waals surface area (Å²) in [5.74, 6) is -0.588. The second-order valence-corrected chi connectivity index (χ2v) is 17.1. The molecule has 328 valence electrons. The molecule has 3 aliphatic heterocycles. The molecule has 60 heavy (non-hydrogen) atoms. The molecular formula is C43H48Cl3F6N3O5. The van der Waals surface area contributed by atoms with Crippen molar-refractivity contribution in [3.63, 3.8) is 0 Å². The Morgan fingerprint density at radius 2 is 1.52 bits per heavy atom. The third-order valence-electron chi connectivity index (χ3n) is 12.8. The van der Waals surface area contributed by atoms with Crippen molar-refractivity contribution in [2.75, 3.05) is 65.6 Å². The van der Waals surface area contributed by atoms with Crippen LogP contribution in [-0.4, -0.2) is 103 Å². The Bertz CT molecular complexity index is 1970. The van der Waals surface area contributed by atoms with Crippen LogP contribution in [-0.2, 0) is 44.1 Å². The van der Waals surface area contributed by atoms with E-state index in [4.69, 9.17) is 32.7 Å². The van der Waals surface area contributed by atoms with Crippen molar-refractivity contribution < 1.29 is 50.5 Å². The van der Waals surface area contributed by atoms with Crippen LogP contribution < -0.4 is 0 Å². The number of amides is 2. The number of fused-ring (bicyclic) bond motifs is 2. The summed E-state index contributed by atoms with van der Waals surface area (Å²) < 4.78 is 95.3. The first kappa shape index (κ1) is 46.4. The molecule has 1 spiro atoms. The fraction of sp³-hybridized carbons (Fsp3) is 0.535. The number of morpholine rings is 1. The van der Waals surface area contributed by atoms with E-state index in [-0.39, 0.29) is 78.9 Å². The van der Waals surface area contributed by atoms with Crippen molar-refractivity contribution in [3.05, 3.63) is 104 Å². The molecule has 3 saturated heterocycles. The normalized spacial score (nSPS) is 22.4. The summed E-state index contributed by atoms with van der Waals surface area (Å²) in [7, 11) is 0. The Balaban J connectivity index is 0.00000604. The maximum absolute atomic E-state index is 13.8. The number of aliphatic hydroxyl groups excluding tert-OH is 1. The van der Waals surface area contributed by atoms with Crippen LogP contribution in [0.25, 0.3) is 0 Å². The smallest absolute Gasteiger partial charge is 0.396 e. The highest BCUT2D eigenvalue weighted by atomic mass is 35.5. The number of rotatable bonds is 10. The number of carbonyl (C=O) groups excluding carboxylic acids is 2. The zero-order valence-electron chi connectivity index (χ0n) is 32.8. The minimum absolute atomic E-state index is 0. The summed E-state index contributed by atoms with van der Waals surface area (Å²) in [6.45, 7) is 3.03. The lowest BCUT2D eigenvalue weighted by Gasteiger charge is -2.46. The average molecular weight is 907 g/mol. The van der Waals surface area contributed by atoms with E-state index >= 15 is 0 Å². The number of benzene rings is 3. The van der Waals surface area contributed by atoms with Gasteiger partial charge >= 0.3 is 12.4 Å². The molecule has 0 aromatic heterocycles. The summed E-state index contributed by atoms with van der Waals surface area (Å²) in [5, 5.41) is 9.80. The van der Waals surface area contributed by atoms with Crippen molar-refractivity contribution >= 4 is 47.4 Å². The summed E-state index contributed by atoms with van der Waals surface area (Å²) in [4.78, 5) is 32.5. The van der Waals surface area contributed by atoms with E-state index in [0.717, 1.165) is 32.1 Å². The zero-order valence-corrected chi connectivity index (χ0v) is 35.1. The SMILES string of the molecule is Cl.O=C(CO[C@H]1Cc2ccccc2C12CCN(CC[C@@]1(c3ccc(Cl)c(Cl)c3)CN(C(=O)c3cc(C(F)(F)F)cc(C(F)(F)F)c3)CCO1)CC2)N1CCC(CCO)CC1. The fourth-order valence-corrected chi connectivity index (χ4v) is 9.76. The molecule has 3 heterocycles. The molecule has 0 saturated carbocycles. The van der Waals surface area contributed by atoms with Crippen LogP contribution in [0.3, 0.4) is 0 Å². The van der Waals surface area contributed by atoms with Crippen LogP contribution in [0.1, 0.15) is 76.7 Å². The molecule has 7 rings (SSSR count).